The molecule has 0 unspecified atom stereocenters. The molecule has 0 amide bonds. The molecule has 110 valence electrons. The van der Waals surface area contributed by atoms with Crippen molar-refractivity contribution in [2.24, 2.45) is 0 Å². The summed E-state index contributed by atoms with van der Waals surface area (Å²) in [6.07, 6.45) is 0. The number of benzene rings is 2. The summed E-state index contributed by atoms with van der Waals surface area (Å²) in [6, 6.07) is 11.2. The van der Waals surface area contributed by atoms with Crippen LogP contribution in [-0.2, 0) is 0 Å². The number of rotatable bonds is 2. The van der Waals surface area contributed by atoms with Crippen LogP contribution in [0.25, 0.3) is 16.8 Å². The Morgan fingerprint density at radius 3 is 2.86 bits per heavy atom. The molecule has 5 nitrogen and oxygen atoms in total. The van der Waals surface area contributed by atoms with Gasteiger partial charge >= 0.3 is 0 Å². The quantitative estimate of drug-likeness (QED) is 0.565. The Kier molecular flexibility index (Phi) is 2.99. The van der Waals surface area contributed by atoms with E-state index in [1.807, 2.05) is 47.8 Å². The third-order valence-electron chi connectivity index (χ3n) is 3.55. The average molecular weight is 332 g/mol. The molecule has 0 saturated heterocycles. The van der Waals surface area contributed by atoms with Gasteiger partial charge in [-0.1, -0.05) is 29.3 Å². The molecule has 0 bridgehead atoms. The molecule has 0 aliphatic carbocycles. The standard InChI is InChI=1S/C15H11Cl2N5/c1-8-10(17)3-2-4-11(8)18-14-20-15-19-12-7-9(16)5-6-13(12)22(15)21-14/h2-7H,1H3,(H2,18,19,20,21). The lowest BCUT2D eigenvalue weighted by Crippen LogP contribution is -1.96. The second-order valence-electron chi connectivity index (χ2n) is 4.99. The maximum absolute atomic E-state index is 6.13. The second-order valence-corrected chi connectivity index (χ2v) is 5.83. The van der Waals surface area contributed by atoms with Gasteiger partial charge in [0.15, 0.2) is 0 Å². The van der Waals surface area contributed by atoms with Gasteiger partial charge in [0.1, 0.15) is 0 Å². The number of nitrogens with zero attached hydrogens (tertiary/aromatic N) is 3. The number of halogens is 2. The van der Waals surface area contributed by atoms with Gasteiger partial charge in [-0.05, 0) is 42.8 Å². The van der Waals surface area contributed by atoms with Crippen LogP contribution in [0.3, 0.4) is 0 Å². The van der Waals surface area contributed by atoms with Crippen molar-refractivity contribution >= 4 is 51.6 Å². The molecule has 0 spiro atoms. The van der Waals surface area contributed by atoms with E-state index in [-0.39, 0.29) is 0 Å². The fraction of sp³-hybridized carbons (Fsp3) is 0.0667. The van der Waals surface area contributed by atoms with E-state index in [9.17, 15) is 0 Å². The van der Waals surface area contributed by atoms with E-state index in [4.69, 9.17) is 23.2 Å². The number of fused-ring (bicyclic) bond motifs is 3. The molecule has 0 fully saturated rings. The van der Waals surface area contributed by atoms with Gasteiger partial charge < -0.3 is 5.32 Å². The summed E-state index contributed by atoms with van der Waals surface area (Å²) < 4.78 is 1.81. The van der Waals surface area contributed by atoms with Gasteiger partial charge in [-0.3, -0.25) is 5.10 Å². The van der Waals surface area contributed by atoms with Crippen LogP contribution in [0.1, 0.15) is 5.56 Å². The SMILES string of the molecule is Cc1c(Cl)cccc1Nc1nc2nc3cc(Cl)ccc3n2[nH]1. The zero-order chi connectivity index (χ0) is 15.3. The summed E-state index contributed by atoms with van der Waals surface area (Å²) in [5, 5.41) is 7.77. The zero-order valence-electron chi connectivity index (χ0n) is 11.6. The number of aromatic amines is 1. The second kappa shape index (κ2) is 4.90. The first-order valence-electron chi connectivity index (χ1n) is 6.68. The predicted molar refractivity (Wildman–Crippen MR) is 89.3 cm³/mol. The van der Waals surface area contributed by atoms with Crippen LogP contribution in [0, 0.1) is 6.92 Å². The summed E-state index contributed by atoms with van der Waals surface area (Å²) in [6.45, 7) is 1.95. The van der Waals surface area contributed by atoms with E-state index in [2.05, 4.69) is 20.4 Å². The molecule has 2 aromatic heterocycles. The molecular weight excluding hydrogens is 321 g/mol. The molecule has 4 aromatic rings. The van der Waals surface area contributed by atoms with Crippen molar-refractivity contribution in [2.75, 3.05) is 5.32 Å². The zero-order valence-corrected chi connectivity index (χ0v) is 13.1. The highest BCUT2D eigenvalue weighted by atomic mass is 35.5. The molecular formula is C15H11Cl2N5. The maximum Gasteiger partial charge on any atom is 0.253 e. The van der Waals surface area contributed by atoms with E-state index in [0.717, 1.165) is 22.3 Å². The van der Waals surface area contributed by atoms with E-state index >= 15 is 0 Å². The van der Waals surface area contributed by atoms with Crippen molar-refractivity contribution in [3.05, 3.63) is 52.0 Å². The van der Waals surface area contributed by atoms with Crippen molar-refractivity contribution < 1.29 is 0 Å². The summed E-state index contributed by atoms with van der Waals surface area (Å²) in [7, 11) is 0. The molecule has 0 atom stereocenters. The Balaban J connectivity index is 1.78. The Morgan fingerprint density at radius 1 is 1.14 bits per heavy atom. The van der Waals surface area contributed by atoms with Crippen LogP contribution in [0.4, 0.5) is 11.6 Å². The Labute approximate surface area is 135 Å². The molecule has 2 heterocycles. The number of nitrogens with one attached hydrogen (secondary N) is 2. The molecule has 22 heavy (non-hydrogen) atoms. The van der Waals surface area contributed by atoms with E-state index in [1.54, 1.807) is 0 Å². The first-order chi connectivity index (χ1) is 10.6. The first-order valence-corrected chi connectivity index (χ1v) is 7.43. The molecule has 0 aliphatic heterocycles. The van der Waals surface area contributed by atoms with Gasteiger partial charge in [-0.25, -0.2) is 9.50 Å². The Hall–Kier alpha value is -2.24. The highest BCUT2D eigenvalue weighted by Crippen LogP contribution is 2.26. The smallest absolute Gasteiger partial charge is 0.253 e. The van der Waals surface area contributed by atoms with E-state index in [1.165, 1.54) is 0 Å². The van der Waals surface area contributed by atoms with Gasteiger partial charge in [0.25, 0.3) is 5.78 Å². The van der Waals surface area contributed by atoms with Crippen molar-refractivity contribution in [3.63, 3.8) is 0 Å². The predicted octanol–water partition coefficient (Wildman–Crippen LogP) is 4.57. The van der Waals surface area contributed by atoms with E-state index < -0.39 is 0 Å². The fourth-order valence-electron chi connectivity index (χ4n) is 2.38. The van der Waals surface area contributed by atoms with Gasteiger partial charge in [0, 0.05) is 15.7 Å². The van der Waals surface area contributed by atoms with E-state index in [0.29, 0.717) is 21.8 Å². The third-order valence-corrected chi connectivity index (χ3v) is 4.19. The number of hydrogen-bond donors (Lipinski definition) is 2. The Morgan fingerprint density at radius 2 is 2.00 bits per heavy atom. The molecule has 0 saturated carbocycles. The molecule has 0 radical (unpaired) electrons. The number of hydrogen-bond acceptors (Lipinski definition) is 3. The highest BCUT2D eigenvalue weighted by molar-refractivity contribution is 6.31. The molecule has 7 heteroatoms. The molecule has 2 N–H and O–H groups in total. The number of H-pyrrole nitrogens is 1. The first kappa shape index (κ1) is 13.4. The number of anilines is 2. The van der Waals surface area contributed by atoms with Gasteiger partial charge in [0.05, 0.1) is 11.0 Å². The van der Waals surface area contributed by atoms with Crippen molar-refractivity contribution in [1.29, 1.82) is 0 Å². The Bertz CT molecular complexity index is 1000. The van der Waals surface area contributed by atoms with Gasteiger partial charge in [-0.2, -0.15) is 4.98 Å². The third kappa shape index (κ3) is 2.10. The summed E-state index contributed by atoms with van der Waals surface area (Å²) >= 11 is 12.1. The normalized spacial score (nSPS) is 11.4. The largest absolute Gasteiger partial charge is 0.324 e. The summed E-state index contributed by atoms with van der Waals surface area (Å²) in [4.78, 5) is 8.89. The summed E-state index contributed by atoms with van der Waals surface area (Å²) in [5.74, 6) is 1.18. The highest BCUT2D eigenvalue weighted by Gasteiger charge is 2.11. The van der Waals surface area contributed by atoms with Crippen LogP contribution < -0.4 is 5.32 Å². The minimum Gasteiger partial charge on any atom is -0.324 e. The summed E-state index contributed by atoms with van der Waals surface area (Å²) in [5.41, 5.74) is 3.59. The van der Waals surface area contributed by atoms with Gasteiger partial charge in [-0.15, -0.1) is 0 Å². The minimum atomic E-state index is 0.583. The van der Waals surface area contributed by atoms with Crippen molar-refractivity contribution in [3.8, 4) is 0 Å². The monoisotopic (exact) mass is 331 g/mol. The van der Waals surface area contributed by atoms with Crippen LogP contribution >= 0.6 is 23.2 Å². The lowest BCUT2D eigenvalue weighted by Gasteiger charge is -2.07. The lowest BCUT2D eigenvalue weighted by atomic mass is 10.2. The van der Waals surface area contributed by atoms with Crippen molar-refractivity contribution in [1.82, 2.24) is 19.6 Å². The van der Waals surface area contributed by atoms with Gasteiger partial charge in [0.2, 0.25) is 5.95 Å². The average Bonchev–Trinajstić information content (AvgIpc) is 3.00. The molecule has 2 aromatic carbocycles. The number of aromatic nitrogens is 4. The lowest BCUT2D eigenvalue weighted by molar-refractivity contribution is 1.01. The maximum atomic E-state index is 6.13. The van der Waals surface area contributed by atoms with Crippen LogP contribution in [-0.4, -0.2) is 19.6 Å². The van der Waals surface area contributed by atoms with Crippen LogP contribution in [0.15, 0.2) is 36.4 Å². The minimum absolute atomic E-state index is 0.583. The van der Waals surface area contributed by atoms with Crippen molar-refractivity contribution in [2.45, 2.75) is 6.92 Å². The number of imidazole rings is 1. The van der Waals surface area contributed by atoms with Crippen LogP contribution in [0.5, 0.6) is 0 Å². The molecule has 0 aliphatic rings. The topological polar surface area (TPSA) is 58.0 Å². The fourth-order valence-corrected chi connectivity index (χ4v) is 2.72. The van der Waals surface area contributed by atoms with Crippen LogP contribution in [0.2, 0.25) is 10.0 Å². The molecule has 4 rings (SSSR count).